The molecule has 1 aliphatic rings. The minimum absolute atomic E-state index is 0.161. The fourth-order valence-corrected chi connectivity index (χ4v) is 0.800. The summed E-state index contributed by atoms with van der Waals surface area (Å²) in [5.41, 5.74) is 0. The predicted molar refractivity (Wildman–Crippen MR) is 31.1 cm³/mol. The summed E-state index contributed by atoms with van der Waals surface area (Å²) in [5, 5.41) is 0. The van der Waals surface area contributed by atoms with Crippen molar-refractivity contribution in [3.05, 3.63) is 7.05 Å². The SMILES string of the molecule is [CH2-]N1C(=O)CCCC1=O. The molecule has 0 atom stereocenters. The molecule has 3 heteroatoms. The van der Waals surface area contributed by atoms with Crippen molar-refractivity contribution in [3.63, 3.8) is 0 Å². The van der Waals surface area contributed by atoms with E-state index in [4.69, 9.17) is 0 Å². The first-order chi connectivity index (χ1) is 4.22. The van der Waals surface area contributed by atoms with E-state index in [9.17, 15) is 9.59 Å². The van der Waals surface area contributed by atoms with Crippen LogP contribution in [0.5, 0.6) is 0 Å². The monoisotopic (exact) mass is 126 g/mol. The lowest BCUT2D eigenvalue weighted by molar-refractivity contribution is -0.144. The summed E-state index contributed by atoms with van der Waals surface area (Å²) in [7, 11) is 3.29. The Balaban J connectivity index is 2.62. The molecule has 0 aromatic rings. The van der Waals surface area contributed by atoms with E-state index < -0.39 is 0 Å². The van der Waals surface area contributed by atoms with E-state index in [0.717, 1.165) is 4.90 Å². The number of carbonyl (C=O) groups is 2. The molecule has 1 fully saturated rings. The number of hydrogen-bond acceptors (Lipinski definition) is 2. The fourth-order valence-electron chi connectivity index (χ4n) is 0.800. The Kier molecular flexibility index (Phi) is 1.51. The van der Waals surface area contributed by atoms with Crippen molar-refractivity contribution in [2.45, 2.75) is 19.3 Å². The van der Waals surface area contributed by atoms with E-state index in [1.54, 1.807) is 0 Å². The Morgan fingerprint density at radius 1 is 1.22 bits per heavy atom. The second-order valence-electron chi connectivity index (χ2n) is 2.07. The lowest BCUT2D eigenvalue weighted by Crippen LogP contribution is -2.34. The van der Waals surface area contributed by atoms with Crippen LogP contribution in [0.1, 0.15) is 19.3 Å². The Morgan fingerprint density at radius 3 is 2.00 bits per heavy atom. The van der Waals surface area contributed by atoms with E-state index in [1.165, 1.54) is 0 Å². The molecule has 50 valence electrons. The molecule has 9 heavy (non-hydrogen) atoms. The highest BCUT2D eigenvalue weighted by atomic mass is 16.2. The maximum atomic E-state index is 10.6. The van der Waals surface area contributed by atoms with Crippen LogP contribution in [-0.2, 0) is 9.59 Å². The summed E-state index contributed by atoms with van der Waals surface area (Å²) < 4.78 is 0. The van der Waals surface area contributed by atoms with Gasteiger partial charge >= 0.3 is 0 Å². The van der Waals surface area contributed by atoms with Crippen molar-refractivity contribution in [1.82, 2.24) is 4.90 Å². The van der Waals surface area contributed by atoms with Crippen LogP contribution in [-0.4, -0.2) is 16.7 Å². The first kappa shape index (κ1) is 6.26. The number of carbonyl (C=O) groups excluding carboxylic acids is 2. The molecule has 0 bridgehead atoms. The number of amides is 2. The lowest BCUT2D eigenvalue weighted by Gasteiger charge is -2.27. The molecule has 0 aliphatic carbocycles. The zero-order valence-corrected chi connectivity index (χ0v) is 5.09. The van der Waals surface area contributed by atoms with Gasteiger partial charge in [0.1, 0.15) is 0 Å². The first-order valence-corrected chi connectivity index (χ1v) is 2.88. The van der Waals surface area contributed by atoms with Gasteiger partial charge in [0, 0.05) is 12.8 Å². The predicted octanol–water partition coefficient (Wildman–Crippen LogP) is 0.317. The van der Waals surface area contributed by atoms with Crippen molar-refractivity contribution in [2.75, 3.05) is 0 Å². The van der Waals surface area contributed by atoms with E-state index in [1.807, 2.05) is 0 Å². The van der Waals surface area contributed by atoms with Crippen molar-refractivity contribution < 1.29 is 9.59 Å². The normalized spacial score (nSPS) is 20.8. The van der Waals surface area contributed by atoms with Crippen molar-refractivity contribution in [1.29, 1.82) is 0 Å². The molecule has 1 aliphatic heterocycles. The van der Waals surface area contributed by atoms with Crippen molar-refractivity contribution >= 4 is 11.8 Å². The quantitative estimate of drug-likeness (QED) is 0.346. The Morgan fingerprint density at radius 2 is 1.67 bits per heavy atom. The van der Waals surface area contributed by atoms with Crippen molar-refractivity contribution in [2.24, 2.45) is 0 Å². The van der Waals surface area contributed by atoms with Gasteiger partial charge in [0.05, 0.1) is 0 Å². The van der Waals surface area contributed by atoms with Crippen LogP contribution >= 0.6 is 0 Å². The maximum Gasteiger partial charge on any atom is 0.199 e. The van der Waals surface area contributed by atoms with Crippen LogP contribution in [0.4, 0.5) is 0 Å². The molecule has 0 N–H and O–H groups in total. The van der Waals surface area contributed by atoms with Gasteiger partial charge in [0.25, 0.3) is 0 Å². The minimum Gasteiger partial charge on any atom is -0.438 e. The van der Waals surface area contributed by atoms with Gasteiger partial charge < -0.3 is 4.90 Å². The summed E-state index contributed by atoms with van der Waals surface area (Å²) in [5.74, 6) is -0.322. The summed E-state index contributed by atoms with van der Waals surface area (Å²) in [4.78, 5) is 22.2. The molecule has 0 radical (unpaired) electrons. The smallest absolute Gasteiger partial charge is 0.199 e. The van der Waals surface area contributed by atoms with Gasteiger partial charge in [-0.15, -0.1) is 0 Å². The van der Waals surface area contributed by atoms with Crippen LogP contribution < -0.4 is 0 Å². The van der Waals surface area contributed by atoms with Crippen LogP contribution in [0.3, 0.4) is 0 Å². The Labute approximate surface area is 53.6 Å². The Bertz CT molecular complexity index is 137. The van der Waals surface area contributed by atoms with Crippen molar-refractivity contribution in [3.8, 4) is 0 Å². The molecule has 0 unspecified atom stereocenters. The molecule has 1 heterocycles. The number of likely N-dealkylation sites (tertiary alicyclic amines) is 1. The molecule has 3 nitrogen and oxygen atoms in total. The molecular weight excluding hydrogens is 118 g/mol. The second-order valence-corrected chi connectivity index (χ2v) is 2.07. The summed E-state index contributed by atoms with van der Waals surface area (Å²) >= 11 is 0. The largest absolute Gasteiger partial charge is 0.438 e. The third-order valence-electron chi connectivity index (χ3n) is 1.38. The van der Waals surface area contributed by atoms with Gasteiger partial charge in [-0.25, -0.2) is 7.05 Å². The molecule has 1 rings (SSSR count). The molecule has 2 amide bonds. The van der Waals surface area contributed by atoms with Gasteiger partial charge in [-0.05, 0) is 6.42 Å². The second kappa shape index (κ2) is 2.17. The van der Waals surface area contributed by atoms with Gasteiger partial charge in [0.2, 0.25) is 0 Å². The summed E-state index contributed by atoms with van der Waals surface area (Å²) in [6.07, 6.45) is 1.62. The topological polar surface area (TPSA) is 37.4 Å². The van der Waals surface area contributed by atoms with Gasteiger partial charge in [-0.2, -0.15) is 0 Å². The maximum absolute atomic E-state index is 10.6. The van der Waals surface area contributed by atoms with E-state index in [0.29, 0.717) is 19.3 Å². The molecule has 1 saturated heterocycles. The lowest BCUT2D eigenvalue weighted by atomic mass is 10.1. The van der Waals surface area contributed by atoms with Crippen LogP contribution in [0.15, 0.2) is 0 Å². The van der Waals surface area contributed by atoms with E-state index in [-0.39, 0.29) is 11.8 Å². The van der Waals surface area contributed by atoms with Crippen LogP contribution in [0, 0.1) is 7.05 Å². The van der Waals surface area contributed by atoms with Gasteiger partial charge in [-0.1, -0.05) is 0 Å². The zero-order chi connectivity index (χ0) is 6.85. The molecular formula is C6H8NO2-. The minimum atomic E-state index is -0.161. The average molecular weight is 126 g/mol. The third kappa shape index (κ3) is 1.09. The van der Waals surface area contributed by atoms with E-state index >= 15 is 0 Å². The molecule has 0 spiro atoms. The summed E-state index contributed by atoms with van der Waals surface area (Å²) in [6, 6.07) is 0. The number of rotatable bonds is 0. The molecule has 0 aromatic heterocycles. The third-order valence-corrected chi connectivity index (χ3v) is 1.38. The number of piperidine rings is 1. The molecule has 0 aromatic carbocycles. The van der Waals surface area contributed by atoms with E-state index in [2.05, 4.69) is 7.05 Å². The highest BCUT2D eigenvalue weighted by Gasteiger charge is 2.16. The number of imide groups is 1. The highest BCUT2D eigenvalue weighted by molar-refractivity contribution is 5.97. The number of nitrogens with zero attached hydrogens (tertiary/aromatic N) is 1. The van der Waals surface area contributed by atoms with Crippen LogP contribution in [0.25, 0.3) is 0 Å². The highest BCUT2D eigenvalue weighted by Crippen LogP contribution is 2.09. The molecule has 0 saturated carbocycles. The Hall–Kier alpha value is -0.860. The first-order valence-electron chi connectivity index (χ1n) is 2.88. The van der Waals surface area contributed by atoms with Gasteiger partial charge in [-0.3, -0.25) is 9.59 Å². The fraction of sp³-hybridized carbons (Fsp3) is 0.500. The summed E-state index contributed by atoms with van der Waals surface area (Å²) in [6.45, 7) is 0. The average Bonchev–Trinajstić information content (AvgIpc) is 1.83. The van der Waals surface area contributed by atoms with Gasteiger partial charge in [0.15, 0.2) is 11.8 Å². The van der Waals surface area contributed by atoms with Crippen LogP contribution in [0.2, 0.25) is 0 Å². The zero-order valence-electron chi connectivity index (χ0n) is 5.09. The standard InChI is InChI=1S/C6H8NO2/c1-7-5(8)3-2-4-6(7)9/h1-4H2/q-1. The number of hydrogen-bond donors (Lipinski definition) is 0.